The number of thioether (sulfide) groups is 1. The average Bonchev–Trinajstić information content (AvgIpc) is 2.43. The van der Waals surface area contributed by atoms with Crippen molar-refractivity contribution >= 4 is 11.8 Å². The van der Waals surface area contributed by atoms with Crippen molar-refractivity contribution in [2.24, 2.45) is 5.84 Å². The van der Waals surface area contributed by atoms with Gasteiger partial charge in [0.15, 0.2) is 0 Å². The molecule has 2 aromatic rings. The minimum Gasteiger partial charge on any atom is -0.271 e. The average molecular weight is 290 g/mol. The molecule has 0 radical (unpaired) electrons. The van der Waals surface area contributed by atoms with E-state index in [0.29, 0.717) is 11.3 Å². The van der Waals surface area contributed by atoms with Gasteiger partial charge in [-0.1, -0.05) is 35.4 Å². The second-order valence-electron chi connectivity index (χ2n) is 4.87. The van der Waals surface area contributed by atoms with Gasteiger partial charge in [0.25, 0.3) is 0 Å². The molecule has 2 aromatic carbocycles. The molecular weight excluding hydrogens is 271 g/mol. The maximum absolute atomic E-state index is 13.9. The molecule has 2 rings (SSSR count). The quantitative estimate of drug-likeness (QED) is 0.500. The van der Waals surface area contributed by atoms with E-state index in [2.05, 4.69) is 30.5 Å². The molecule has 1 atom stereocenters. The minimum atomic E-state index is -0.219. The number of nitrogens with two attached hydrogens (primary N) is 1. The zero-order chi connectivity index (χ0) is 14.5. The number of halogens is 1. The van der Waals surface area contributed by atoms with Crippen LogP contribution >= 0.6 is 11.8 Å². The molecule has 0 saturated heterocycles. The highest BCUT2D eigenvalue weighted by Crippen LogP contribution is 2.26. The first kappa shape index (κ1) is 15.0. The Morgan fingerprint density at radius 1 is 1.15 bits per heavy atom. The van der Waals surface area contributed by atoms with Crippen LogP contribution in [-0.2, 0) is 0 Å². The summed E-state index contributed by atoms with van der Waals surface area (Å²) in [6.07, 6.45) is 0. The molecule has 0 heterocycles. The van der Waals surface area contributed by atoms with Gasteiger partial charge in [-0.15, -0.1) is 11.8 Å². The number of hydrogen-bond acceptors (Lipinski definition) is 3. The zero-order valence-electron chi connectivity index (χ0n) is 11.7. The number of hydrogen-bond donors (Lipinski definition) is 2. The van der Waals surface area contributed by atoms with Crippen LogP contribution in [0.4, 0.5) is 4.39 Å². The van der Waals surface area contributed by atoms with Crippen LogP contribution in [0.1, 0.15) is 22.7 Å². The highest BCUT2D eigenvalue weighted by molar-refractivity contribution is 7.99. The molecule has 2 nitrogen and oxygen atoms in total. The molecule has 0 spiro atoms. The van der Waals surface area contributed by atoms with Crippen molar-refractivity contribution in [3.8, 4) is 0 Å². The summed E-state index contributed by atoms with van der Waals surface area (Å²) < 4.78 is 13.9. The van der Waals surface area contributed by atoms with E-state index in [9.17, 15) is 4.39 Å². The number of nitrogens with one attached hydrogen (secondary N) is 1. The van der Waals surface area contributed by atoms with Gasteiger partial charge in [-0.05, 0) is 32.0 Å². The maximum Gasteiger partial charge on any atom is 0.128 e. The molecule has 4 heteroatoms. The van der Waals surface area contributed by atoms with Crippen LogP contribution < -0.4 is 11.3 Å². The summed E-state index contributed by atoms with van der Waals surface area (Å²) in [6, 6.07) is 13.1. The molecule has 106 valence electrons. The van der Waals surface area contributed by atoms with Crippen LogP contribution in [0.5, 0.6) is 0 Å². The van der Waals surface area contributed by atoms with E-state index in [1.54, 1.807) is 17.8 Å². The van der Waals surface area contributed by atoms with Gasteiger partial charge in [-0.25, -0.2) is 4.39 Å². The van der Waals surface area contributed by atoms with E-state index in [4.69, 9.17) is 5.84 Å². The van der Waals surface area contributed by atoms with Crippen molar-refractivity contribution in [2.75, 3.05) is 5.75 Å². The predicted molar refractivity (Wildman–Crippen MR) is 83.1 cm³/mol. The van der Waals surface area contributed by atoms with Gasteiger partial charge in [0.1, 0.15) is 5.82 Å². The summed E-state index contributed by atoms with van der Waals surface area (Å²) in [4.78, 5) is 1.17. The molecule has 0 amide bonds. The lowest BCUT2D eigenvalue weighted by atomic mass is 10.1. The molecule has 0 aliphatic heterocycles. The van der Waals surface area contributed by atoms with Gasteiger partial charge >= 0.3 is 0 Å². The molecule has 0 saturated carbocycles. The van der Waals surface area contributed by atoms with E-state index in [0.717, 1.165) is 5.56 Å². The Morgan fingerprint density at radius 3 is 2.60 bits per heavy atom. The largest absolute Gasteiger partial charge is 0.271 e. The van der Waals surface area contributed by atoms with Gasteiger partial charge in [0, 0.05) is 16.2 Å². The van der Waals surface area contributed by atoms with Gasteiger partial charge in [0.2, 0.25) is 0 Å². The summed E-state index contributed by atoms with van der Waals surface area (Å²) in [5.41, 5.74) is 5.58. The van der Waals surface area contributed by atoms with Crippen LogP contribution in [0.2, 0.25) is 0 Å². The van der Waals surface area contributed by atoms with Crippen molar-refractivity contribution in [1.29, 1.82) is 0 Å². The van der Waals surface area contributed by atoms with E-state index in [1.807, 2.05) is 19.1 Å². The smallest absolute Gasteiger partial charge is 0.128 e. The van der Waals surface area contributed by atoms with Gasteiger partial charge in [0.05, 0.1) is 6.04 Å². The van der Waals surface area contributed by atoms with Crippen molar-refractivity contribution in [1.82, 2.24) is 5.43 Å². The van der Waals surface area contributed by atoms with Crippen LogP contribution in [0.3, 0.4) is 0 Å². The van der Waals surface area contributed by atoms with Gasteiger partial charge < -0.3 is 0 Å². The van der Waals surface area contributed by atoms with Crippen molar-refractivity contribution in [3.05, 3.63) is 65.0 Å². The summed E-state index contributed by atoms with van der Waals surface area (Å²) >= 11 is 1.67. The SMILES string of the molecule is Cc1cccc(SCC(NN)c2cc(C)ccc2F)c1. The van der Waals surface area contributed by atoms with Crippen LogP contribution in [0.25, 0.3) is 0 Å². The van der Waals surface area contributed by atoms with E-state index < -0.39 is 0 Å². The second kappa shape index (κ2) is 6.88. The first-order valence-electron chi connectivity index (χ1n) is 6.52. The fourth-order valence-electron chi connectivity index (χ4n) is 2.04. The van der Waals surface area contributed by atoms with E-state index in [1.165, 1.54) is 16.5 Å². The standard InChI is InChI=1S/C16H19FN2S/c1-11-4-3-5-13(8-11)20-10-16(19-18)14-9-12(2)6-7-15(14)17/h3-9,16,19H,10,18H2,1-2H3. The summed E-state index contributed by atoms with van der Waals surface area (Å²) in [7, 11) is 0. The second-order valence-corrected chi connectivity index (χ2v) is 5.97. The summed E-state index contributed by atoms with van der Waals surface area (Å²) in [5.74, 6) is 6.05. The number of rotatable bonds is 5. The third-order valence-electron chi connectivity index (χ3n) is 3.13. The molecule has 0 bridgehead atoms. The normalized spacial score (nSPS) is 12.4. The number of hydrazine groups is 1. The summed E-state index contributed by atoms with van der Waals surface area (Å²) in [6.45, 7) is 4.01. The molecule has 0 aliphatic rings. The Morgan fingerprint density at radius 2 is 1.90 bits per heavy atom. The number of benzene rings is 2. The summed E-state index contributed by atoms with van der Waals surface area (Å²) in [5, 5.41) is 0. The first-order valence-corrected chi connectivity index (χ1v) is 7.50. The third-order valence-corrected chi connectivity index (χ3v) is 4.22. The highest BCUT2D eigenvalue weighted by atomic mass is 32.2. The van der Waals surface area contributed by atoms with Crippen LogP contribution in [0.15, 0.2) is 47.4 Å². The molecule has 0 fully saturated rings. The fraction of sp³-hybridized carbons (Fsp3) is 0.250. The van der Waals surface area contributed by atoms with Gasteiger partial charge in [-0.3, -0.25) is 11.3 Å². The Hall–Kier alpha value is -1.36. The minimum absolute atomic E-state index is 0.208. The monoisotopic (exact) mass is 290 g/mol. The van der Waals surface area contributed by atoms with E-state index >= 15 is 0 Å². The third kappa shape index (κ3) is 3.82. The van der Waals surface area contributed by atoms with Crippen molar-refractivity contribution < 1.29 is 4.39 Å². The molecule has 20 heavy (non-hydrogen) atoms. The lowest BCUT2D eigenvalue weighted by Crippen LogP contribution is -2.30. The Bertz CT molecular complexity index is 586. The first-order chi connectivity index (χ1) is 9.60. The molecule has 0 aromatic heterocycles. The molecule has 1 unspecified atom stereocenters. The van der Waals surface area contributed by atoms with Crippen LogP contribution in [0, 0.1) is 19.7 Å². The van der Waals surface area contributed by atoms with Crippen LogP contribution in [-0.4, -0.2) is 5.75 Å². The number of aryl methyl sites for hydroxylation is 2. The molecule has 0 aliphatic carbocycles. The lowest BCUT2D eigenvalue weighted by Gasteiger charge is -2.17. The Balaban J connectivity index is 2.11. The highest BCUT2D eigenvalue weighted by Gasteiger charge is 2.15. The predicted octanol–water partition coefficient (Wildman–Crippen LogP) is 3.74. The Labute approximate surface area is 123 Å². The Kier molecular flexibility index (Phi) is 5.17. The van der Waals surface area contributed by atoms with Crippen molar-refractivity contribution in [3.63, 3.8) is 0 Å². The maximum atomic E-state index is 13.9. The fourth-order valence-corrected chi connectivity index (χ4v) is 3.12. The topological polar surface area (TPSA) is 38.0 Å². The van der Waals surface area contributed by atoms with Gasteiger partial charge in [-0.2, -0.15) is 0 Å². The molecule has 3 N–H and O–H groups in total. The van der Waals surface area contributed by atoms with E-state index in [-0.39, 0.29) is 11.9 Å². The molecular formula is C16H19FN2S. The zero-order valence-corrected chi connectivity index (χ0v) is 12.5. The van der Waals surface area contributed by atoms with Crippen molar-refractivity contribution in [2.45, 2.75) is 24.8 Å². The lowest BCUT2D eigenvalue weighted by molar-refractivity contribution is 0.546.